The Balaban J connectivity index is 1.86. The highest BCUT2D eigenvalue weighted by Crippen LogP contribution is 2.25. The summed E-state index contributed by atoms with van der Waals surface area (Å²) in [6.45, 7) is 6.14. The minimum Gasteiger partial charge on any atom is -0.493 e. The van der Waals surface area contributed by atoms with Crippen LogP contribution in [0.2, 0.25) is 0 Å². The van der Waals surface area contributed by atoms with Gasteiger partial charge in [0, 0.05) is 23.5 Å². The minimum atomic E-state index is -0.336. The van der Waals surface area contributed by atoms with Gasteiger partial charge in [0.25, 0.3) is 5.91 Å². The van der Waals surface area contributed by atoms with Crippen molar-refractivity contribution < 1.29 is 14.3 Å². The molecule has 1 heterocycles. The Hall–Kier alpha value is -2.76. The van der Waals surface area contributed by atoms with Crippen molar-refractivity contribution in [2.24, 2.45) is 5.10 Å². The van der Waals surface area contributed by atoms with Gasteiger partial charge in [0.2, 0.25) is 0 Å². The summed E-state index contributed by atoms with van der Waals surface area (Å²) in [7, 11) is 1.55. The molecule has 1 aromatic heterocycles. The lowest BCUT2D eigenvalue weighted by molar-refractivity contribution is -0.123. The van der Waals surface area contributed by atoms with Crippen LogP contribution in [-0.2, 0) is 4.79 Å². The van der Waals surface area contributed by atoms with Crippen molar-refractivity contribution in [2.45, 2.75) is 26.8 Å². The molecule has 0 saturated carbocycles. The van der Waals surface area contributed by atoms with Gasteiger partial charge in [-0.3, -0.25) is 4.79 Å². The first-order valence-corrected chi connectivity index (χ1v) is 7.77. The topological polar surface area (TPSA) is 64.8 Å². The van der Waals surface area contributed by atoms with Crippen molar-refractivity contribution in [2.75, 3.05) is 13.7 Å². The number of carbonyl (C=O) groups excluding carboxylic acids is 1. The normalized spacial score (nSPS) is 11.0. The average molecular weight is 329 g/mol. The van der Waals surface area contributed by atoms with Gasteiger partial charge in [-0.05, 0) is 39.0 Å². The van der Waals surface area contributed by atoms with E-state index in [4.69, 9.17) is 9.47 Å². The first kappa shape index (κ1) is 17.6. The van der Waals surface area contributed by atoms with Crippen LogP contribution in [0.15, 0.2) is 41.6 Å². The van der Waals surface area contributed by atoms with Crippen LogP contribution < -0.4 is 14.9 Å². The standard InChI is InChI=1S/C18H23N3O3/c1-13(2)21-11-15(9-14(21)3)10-19-20-18(22)12-24-17-8-6-5-7-16(17)23-4/h5-11,13H,12H2,1-4H3,(H,20,22)/b19-10+. The van der Waals surface area contributed by atoms with Gasteiger partial charge >= 0.3 is 0 Å². The van der Waals surface area contributed by atoms with Gasteiger partial charge in [0.15, 0.2) is 18.1 Å². The second-order valence-corrected chi connectivity index (χ2v) is 5.65. The Morgan fingerprint density at radius 2 is 2.04 bits per heavy atom. The zero-order chi connectivity index (χ0) is 17.5. The van der Waals surface area contributed by atoms with Crippen LogP contribution >= 0.6 is 0 Å². The molecule has 1 amide bonds. The van der Waals surface area contributed by atoms with E-state index in [2.05, 4.69) is 28.9 Å². The molecular formula is C18H23N3O3. The molecular weight excluding hydrogens is 306 g/mol. The predicted molar refractivity (Wildman–Crippen MR) is 93.8 cm³/mol. The molecule has 0 spiro atoms. The highest BCUT2D eigenvalue weighted by molar-refractivity contribution is 5.83. The fourth-order valence-electron chi connectivity index (χ4n) is 2.33. The van der Waals surface area contributed by atoms with Crippen molar-refractivity contribution in [3.8, 4) is 11.5 Å². The van der Waals surface area contributed by atoms with Gasteiger partial charge in [-0.1, -0.05) is 12.1 Å². The maximum absolute atomic E-state index is 11.8. The third kappa shape index (κ3) is 4.62. The molecule has 128 valence electrons. The Morgan fingerprint density at radius 3 is 2.67 bits per heavy atom. The molecule has 6 heteroatoms. The molecule has 0 aliphatic rings. The largest absolute Gasteiger partial charge is 0.493 e. The third-order valence-electron chi connectivity index (χ3n) is 3.46. The molecule has 0 fully saturated rings. The second kappa shape index (κ2) is 8.19. The summed E-state index contributed by atoms with van der Waals surface area (Å²) in [5, 5.41) is 3.96. The number of carbonyl (C=O) groups is 1. The number of nitrogens with zero attached hydrogens (tertiary/aromatic N) is 2. The molecule has 2 rings (SSSR count). The van der Waals surface area contributed by atoms with E-state index in [9.17, 15) is 4.79 Å². The van der Waals surface area contributed by atoms with Gasteiger partial charge in [-0.2, -0.15) is 5.10 Å². The Morgan fingerprint density at radius 1 is 1.33 bits per heavy atom. The molecule has 2 aromatic rings. The molecule has 6 nitrogen and oxygen atoms in total. The maximum Gasteiger partial charge on any atom is 0.277 e. The average Bonchev–Trinajstić information content (AvgIpc) is 2.94. The maximum atomic E-state index is 11.8. The van der Waals surface area contributed by atoms with Gasteiger partial charge < -0.3 is 14.0 Å². The fourth-order valence-corrected chi connectivity index (χ4v) is 2.33. The number of hydrogen-bond donors (Lipinski definition) is 1. The minimum absolute atomic E-state index is 0.135. The molecule has 0 saturated heterocycles. The first-order chi connectivity index (χ1) is 11.5. The van der Waals surface area contributed by atoms with E-state index in [1.165, 1.54) is 0 Å². The van der Waals surface area contributed by atoms with Crippen LogP contribution in [-0.4, -0.2) is 30.4 Å². The van der Waals surface area contributed by atoms with Gasteiger partial charge in [0.05, 0.1) is 13.3 Å². The summed E-state index contributed by atoms with van der Waals surface area (Å²) in [5.74, 6) is 0.764. The third-order valence-corrected chi connectivity index (χ3v) is 3.46. The predicted octanol–water partition coefficient (Wildman–Crippen LogP) is 2.92. The van der Waals surface area contributed by atoms with E-state index < -0.39 is 0 Å². The summed E-state index contributed by atoms with van der Waals surface area (Å²) < 4.78 is 12.7. The Bertz CT molecular complexity index is 720. The zero-order valence-electron chi connectivity index (χ0n) is 14.4. The Labute approximate surface area is 142 Å². The lowest BCUT2D eigenvalue weighted by Gasteiger charge is -2.09. The van der Waals surface area contributed by atoms with Crippen LogP contribution in [0.3, 0.4) is 0 Å². The van der Waals surface area contributed by atoms with Crippen LogP contribution in [0.25, 0.3) is 0 Å². The van der Waals surface area contributed by atoms with E-state index in [1.807, 2.05) is 31.3 Å². The van der Waals surface area contributed by atoms with Crippen LogP contribution in [0.4, 0.5) is 0 Å². The molecule has 0 radical (unpaired) electrons. The number of nitrogens with one attached hydrogen (secondary N) is 1. The number of hydrogen-bond acceptors (Lipinski definition) is 4. The first-order valence-electron chi connectivity index (χ1n) is 7.77. The van der Waals surface area contributed by atoms with Gasteiger partial charge in [-0.15, -0.1) is 0 Å². The second-order valence-electron chi connectivity index (χ2n) is 5.65. The van der Waals surface area contributed by atoms with Crippen molar-refractivity contribution >= 4 is 12.1 Å². The molecule has 1 N–H and O–H groups in total. The summed E-state index contributed by atoms with van der Waals surface area (Å²) in [6, 6.07) is 9.56. The number of methoxy groups -OCH3 is 1. The molecule has 0 aliphatic carbocycles. The quantitative estimate of drug-likeness (QED) is 0.627. The molecule has 1 aromatic carbocycles. The number of ether oxygens (including phenoxy) is 2. The molecule has 0 bridgehead atoms. The summed E-state index contributed by atoms with van der Waals surface area (Å²) in [4.78, 5) is 11.8. The van der Waals surface area contributed by atoms with Crippen molar-refractivity contribution in [1.29, 1.82) is 0 Å². The zero-order valence-corrected chi connectivity index (χ0v) is 14.4. The number of benzene rings is 1. The number of hydrazone groups is 1. The lowest BCUT2D eigenvalue weighted by Crippen LogP contribution is -2.24. The van der Waals surface area contributed by atoms with E-state index in [0.717, 1.165) is 11.3 Å². The summed E-state index contributed by atoms with van der Waals surface area (Å²) in [5.41, 5.74) is 4.54. The molecule has 0 atom stereocenters. The van der Waals surface area contributed by atoms with E-state index in [-0.39, 0.29) is 12.5 Å². The van der Waals surface area contributed by atoms with E-state index >= 15 is 0 Å². The van der Waals surface area contributed by atoms with Crippen LogP contribution in [0, 0.1) is 6.92 Å². The highest BCUT2D eigenvalue weighted by Gasteiger charge is 2.06. The smallest absolute Gasteiger partial charge is 0.277 e. The fraction of sp³-hybridized carbons (Fsp3) is 0.333. The van der Waals surface area contributed by atoms with Crippen molar-refractivity contribution in [3.05, 3.63) is 47.8 Å². The number of aryl methyl sites for hydroxylation is 1. The van der Waals surface area contributed by atoms with Gasteiger partial charge in [0.1, 0.15) is 0 Å². The molecule has 0 unspecified atom stereocenters. The van der Waals surface area contributed by atoms with Gasteiger partial charge in [-0.25, -0.2) is 5.43 Å². The van der Waals surface area contributed by atoms with E-state index in [0.29, 0.717) is 17.5 Å². The van der Waals surface area contributed by atoms with Crippen LogP contribution in [0.1, 0.15) is 31.1 Å². The molecule has 24 heavy (non-hydrogen) atoms. The van der Waals surface area contributed by atoms with Crippen molar-refractivity contribution in [1.82, 2.24) is 9.99 Å². The lowest BCUT2D eigenvalue weighted by atomic mass is 10.3. The van der Waals surface area contributed by atoms with E-state index in [1.54, 1.807) is 25.5 Å². The number of amides is 1. The number of aromatic nitrogens is 1. The molecule has 0 aliphatic heterocycles. The van der Waals surface area contributed by atoms with Crippen molar-refractivity contribution in [3.63, 3.8) is 0 Å². The number of para-hydroxylation sites is 2. The van der Waals surface area contributed by atoms with Crippen LogP contribution in [0.5, 0.6) is 11.5 Å². The summed E-state index contributed by atoms with van der Waals surface area (Å²) in [6.07, 6.45) is 3.62. The monoisotopic (exact) mass is 329 g/mol. The SMILES string of the molecule is COc1ccccc1OCC(=O)N/N=C/c1cc(C)n(C(C)C)c1. The highest BCUT2D eigenvalue weighted by atomic mass is 16.5. The summed E-state index contributed by atoms with van der Waals surface area (Å²) >= 11 is 0. The Kier molecular flexibility index (Phi) is 6.01. The number of rotatable bonds is 7.